The quantitative estimate of drug-likeness (QED) is 0.266. The summed E-state index contributed by atoms with van der Waals surface area (Å²) in [6.45, 7) is 1.93. The van der Waals surface area contributed by atoms with Gasteiger partial charge in [0.15, 0.2) is 0 Å². The van der Waals surface area contributed by atoms with Crippen molar-refractivity contribution in [3.63, 3.8) is 0 Å². The van der Waals surface area contributed by atoms with Gasteiger partial charge in [-0.05, 0) is 12.8 Å². The van der Waals surface area contributed by atoms with Gasteiger partial charge in [0.05, 0.1) is 6.34 Å². The fraction of sp³-hybridized carbons (Fsp3) is 0.700. The Bertz CT molecular complexity index is 268. The summed E-state index contributed by atoms with van der Waals surface area (Å²) in [5, 5.41) is 2.90. The number of nitrogens with zero attached hydrogens (tertiary/aromatic N) is 2. The molecular formula is C10H18N4O2. The summed E-state index contributed by atoms with van der Waals surface area (Å²) in [6, 6.07) is 0.107. The van der Waals surface area contributed by atoms with Gasteiger partial charge >= 0.3 is 0 Å². The highest BCUT2D eigenvalue weighted by atomic mass is 16.2. The van der Waals surface area contributed by atoms with E-state index in [1.165, 1.54) is 6.34 Å². The van der Waals surface area contributed by atoms with Gasteiger partial charge in [0.1, 0.15) is 0 Å². The molecule has 16 heavy (non-hydrogen) atoms. The molecule has 0 aromatic carbocycles. The molecule has 0 aromatic rings. The monoisotopic (exact) mass is 226 g/mol. The minimum absolute atomic E-state index is 0.0185. The summed E-state index contributed by atoms with van der Waals surface area (Å²) in [6.07, 6.45) is 4.06. The van der Waals surface area contributed by atoms with Crippen molar-refractivity contribution in [3.05, 3.63) is 0 Å². The lowest BCUT2D eigenvalue weighted by Crippen LogP contribution is -2.36. The zero-order valence-electron chi connectivity index (χ0n) is 9.26. The van der Waals surface area contributed by atoms with Crippen LogP contribution >= 0.6 is 0 Å². The number of carbonyl (C=O) groups is 2. The van der Waals surface area contributed by atoms with Gasteiger partial charge in [0, 0.05) is 32.1 Å². The average Bonchev–Trinajstić information content (AvgIpc) is 2.72. The Kier molecular flexibility index (Phi) is 5.31. The molecule has 90 valence electrons. The standard InChI is InChI=1S/C10H18N4O2/c11-7-12-4-1-2-10(16)13-9-3-5-14(6-9)8-15/h7-9H,1-6H2,(H2,11,12)(H,13,16). The molecule has 1 aliphatic heterocycles. The van der Waals surface area contributed by atoms with E-state index in [0.717, 1.165) is 19.4 Å². The van der Waals surface area contributed by atoms with Gasteiger partial charge < -0.3 is 16.0 Å². The average molecular weight is 226 g/mol. The lowest BCUT2D eigenvalue weighted by atomic mass is 10.2. The molecule has 6 heteroatoms. The van der Waals surface area contributed by atoms with Crippen LogP contribution in [0, 0.1) is 0 Å². The number of likely N-dealkylation sites (tertiary alicyclic amines) is 1. The van der Waals surface area contributed by atoms with Gasteiger partial charge in [-0.2, -0.15) is 0 Å². The van der Waals surface area contributed by atoms with Gasteiger partial charge in [-0.25, -0.2) is 0 Å². The van der Waals surface area contributed by atoms with Crippen molar-refractivity contribution in [3.8, 4) is 0 Å². The van der Waals surface area contributed by atoms with Gasteiger partial charge in [-0.3, -0.25) is 14.6 Å². The lowest BCUT2D eigenvalue weighted by Gasteiger charge is -2.12. The molecule has 3 N–H and O–H groups in total. The first kappa shape index (κ1) is 12.5. The van der Waals surface area contributed by atoms with Crippen molar-refractivity contribution in [2.45, 2.75) is 25.3 Å². The van der Waals surface area contributed by atoms with Gasteiger partial charge in [0.25, 0.3) is 0 Å². The Morgan fingerprint density at radius 1 is 1.62 bits per heavy atom. The van der Waals surface area contributed by atoms with Crippen LogP contribution in [-0.2, 0) is 9.59 Å². The highest BCUT2D eigenvalue weighted by Gasteiger charge is 2.22. The third-order valence-electron chi connectivity index (χ3n) is 2.53. The number of rotatable bonds is 6. The van der Waals surface area contributed by atoms with E-state index in [1.807, 2.05) is 0 Å². The summed E-state index contributed by atoms with van der Waals surface area (Å²) in [7, 11) is 0. The minimum Gasteiger partial charge on any atom is -0.390 e. The highest BCUT2D eigenvalue weighted by molar-refractivity contribution is 5.76. The van der Waals surface area contributed by atoms with Crippen LogP contribution < -0.4 is 11.1 Å². The molecular weight excluding hydrogens is 208 g/mol. The van der Waals surface area contributed by atoms with Gasteiger partial charge in [-0.1, -0.05) is 0 Å². The Morgan fingerprint density at radius 3 is 3.06 bits per heavy atom. The fourth-order valence-corrected chi connectivity index (χ4v) is 1.71. The van der Waals surface area contributed by atoms with E-state index < -0.39 is 0 Å². The Hall–Kier alpha value is -1.59. The van der Waals surface area contributed by atoms with Crippen molar-refractivity contribution < 1.29 is 9.59 Å². The summed E-state index contributed by atoms with van der Waals surface area (Å²) in [4.78, 5) is 27.4. The van der Waals surface area contributed by atoms with Crippen LogP contribution in [0.2, 0.25) is 0 Å². The fourth-order valence-electron chi connectivity index (χ4n) is 1.71. The molecule has 0 aromatic heterocycles. The second-order valence-corrected chi connectivity index (χ2v) is 3.81. The lowest BCUT2D eigenvalue weighted by molar-refractivity contribution is -0.122. The van der Waals surface area contributed by atoms with E-state index in [1.54, 1.807) is 4.90 Å². The summed E-state index contributed by atoms with van der Waals surface area (Å²) in [5.74, 6) is 0.0185. The molecule has 0 saturated carbocycles. The highest BCUT2D eigenvalue weighted by Crippen LogP contribution is 2.06. The van der Waals surface area contributed by atoms with Crippen LogP contribution in [0.1, 0.15) is 19.3 Å². The minimum atomic E-state index is 0.0185. The van der Waals surface area contributed by atoms with Crippen molar-refractivity contribution in [1.29, 1.82) is 0 Å². The van der Waals surface area contributed by atoms with Crippen molar-refractivity contribution in [1.82, 2.24) is 10.2 Å². The van der Waals surface area contributed by atoms with Crippen LogP contribution in [0.5, 0.6) is 0 Å². The smallest absolute Gasteiger partial charge is 0.220 e. The number of hydrogen-bond donors (Lipinski definition) is 2. The molecule has 6 nitrogen and oxygen atoms in total. The Labute approximate surface area is 94.9 Å². The molecule has 1 rings (SSSR count). The maximum Gasteiger partial charge on any atom is 0.220 e. The van der Waals surface area contributed by atoms with Gasteiger partial charge in [0.2, 0.25) is 12.3 Å². The second-order valence-electron chi connectivity index (χ2n) is 3.81. The van der Waals surface area contributed by atoms with Crippen molar-refractivity contribution >= 4 is 18.7 Å². The number of nitrogens with one attached hydrogen (secondary N) is 1. The van der Waals surface area contributed by atoms with E-state index in [2.05, 4.69) is 10.3 Å². The molecule has 2 amide bonds. The largest absolute Gasteiger partial charge is 0.390 e. The molecule has 0 bridgehead atoms. The molecule has 1 saturated heterocycles. The van der Waals surface area contributed by atoms with Crippen LogP contribution in [0.4, 0.5) is 0 Å². The number of nitrogens with two attached hydrogens (primary N) is 1. The molecule has 1 unspecified atom stereocenters. The number of hydrogen-bond acceptors (Lipinski definition) is 3. The molecule has 1 atom stereocenters. The van der Waals surface area contributed by atoms with Crippen LogP contribution in [-0.4, -0.2) is 49.2 Å². The van der Waals surface area contributed by atoms with Crippen LogP contribution in [0.3, 0.4) is 0 Å². The van der Waals surface area contributed by atoms with E-state index in [0.29, 0.717) is 25.9 Å². The maximum atomic E-state index is 11.5. The molecule has 1 aliphatic rings. The number of carbonyl (C=O) groups excluding carboxylic acids is 2. The predicted molar refractivity (Wildman–Crippen MR) is 61.0 cm³/mol. The zero-order chi connectivity index (χ0) is 11.8. The first-order chi connectivity index (χ1) is 7.76. The van der Waals surface area contributed by atoms with E-state index in [-0.39, 0.29) is 11.9 Å². The van der Waals surface area contributed by atoms with E-state index in [9.17, 15) is 9.59 Å². The first-order valence-corrected chi connectivity index (χ1v) is 5.45. The van der Waals surface area contributed by atoms with E-state index >= 15 is 0 Å². The molecule has 1 fully saturated rings. The van der Waals surface area contributed by atoms with Crippen molar-refractivity contribution in [2.75, 3.05) is 19.6 Å². The van der Waals surface area contributed by atoms with Crippen molar-refractivity contribution in [2.24, 2.45) is 10.7 Å². The number of aliphatic imine (C=N–C) groups is 1. The predicted octanol–water partition coefficient (Wildman–Crippen LogP) is -0.899. The topological polar surface area (TPSA) is 87.8 Å². The third-order valence-corrected chi connectivity index (χ3v) is 2.53. The summed E-state index contributed by atoms with van der Waals surface area (Å²) < 4.78 is 0. The molecule has 0 radical (unpaired) electrons. The summed E-state index contributed by atoms with van der Waals surface area (Å²) in [5.41, 5.74) is 5.08. The number of amides is 2. The Balaban J connectivity index is 2.12. The second kappa shape index (κ2) is 6.81. The van der Waals surface area contributed by atoms with Gasteiger partial charge in [-0.15, -0.1) is 0 Å². The maximum absolute atomic E-state index is 11.5. The van der Waals surface area contributed by atoms with E-state index in [4.69, 9.17) is 5.73 Å². The van der Waals surface area contributed by atoms with Crippen LogP contribution in [0.25, 0.3) is 0 Å². The Morgan fingerprint density at radius 2 is 2.44 bits per heavy atom. The first-order valence-electron chi connectivity index (χ1n) is 5.45. The molecule has 0 spiro atoms. The normalized spacial score (nSPS) is 20.2. The third kappa shape index (κ3) is 4.29. The SMILES string of the molecule is NC=NCCCC(=O)NC1CCN(C=O)C1. The molecule has 0 aliphatic carbocycles. The summed E-state index contributed by atoms with van der Waals surface area (Å²) >= 11 is 0. The zero-order valence-corrected chi connectivity index (χ0v) is 9.26. The van der Waals surface area contributed by atoms with Crippen LogP contribution in [0.15, 0.2) is 4.99 Å². The molecule has 1 heterocycles.